The van der Waals surface area contributed by atoms with Crippen molar-refractivity contribution in [1.82, 2.24) is 10.2 Å². The van der Waals surface area contributed by atoms with Gasteiger partial charge in [0.25, 0.3) is 0 Å². The van der Waals surface area contributed by atoms with Crippen molar-refractivity contribution in [2.75, 3.05) is 13.2 Å². The van der Waals surface area contributed by atoms with E-state index < -0.39 is 0 Å². The van der Waals surface area contributed by atoms with E-state index in [1.165, 1.54) is 51.5 Å². The van der Waals surface area contributed by atoms with Gasteiger partial charge in [-0.1, -0.05) is 6.92 Å². The second-order valence-corrected chi connectivity index (χ2v) is 7.71. The molecule has 3 unspecified atom stereocenters. The van der Waals surface area contributed by atoms with Crippen LogP contribution in [-0.2, 0) is 4.74 Å². The molecule has 0 aliphatic carbocycles. The van der Waals surface area contributed by atoms with Crippen LogP contribution in [0, 0.1) is 0 Å². The normalized spacial score (nSPS) is 41.0. The summed E-state index contributed by atoms with van der Waals surface area (Å²) >= 11 is 0. The second kappa shape index (κ2) is 5.94. The van der Waals surface area contributed by atoms with Gasteiger partial charge in [-0.2, -0.15) is 0 Å². The van der Waals surface area contributed by atoms with Crippen molar-refractivity contribution >= 4 is 0 Å². The van der Waals surface area contributed by atoms with Crippen molar-refractivity contribution in [3.8, 4) is 0 Å². The van der Waals surface area contributed by atoms with E-state index in [1.54, 1.807) is 0 Å². The summed E-state index contributed by atoms with van der Waals surface area (Å²) in [6, 6.07) is 3.21. The monoisotopic (exact) mass is 280 g/mol. The van der Waals surface area contributed by atoms with Gasteiger partial charge in [-0.25, -0.2) is 0 Å². The van der Waals surface area contributed by atoms with Crippen LogP contribution in [0.5, 0.6) is 0 Å². The van der Waals surface area contributed by atoms with Gasteiger partial charge in [0, 0.05) is 30.8 Å². The molecule has 0 amide bonds. The highest BCUT2D eigenvalue weighted by Crippen LogP contribution is 2.41. The number of ether oxygens (including phenoxy) is 1. The van der Waals surface area contributed by atoms with Crippen LogP contribution in [-0.4, -0.2) is 47.8 Å². The lowest BCUT2D eigenvalue weighted by atomic mass is 9.88. The maximum Gasteiger partial charge on any atom is 0.0641 e. The first kappa shape index (κ1) is 14.8. The van der Waals surface area contributed by atoms with Crippen LogP contribution < -0.4 is 5.32 Å². The van der Waals surface area contributed by atoms with Crippen LogP contribution in [0.4, 0.5) is 0 Å². The fourth-order valence-corrected chi connectivity index (χ4v) is 4.78. The van der Waals surface area contributed by atoms with Gasteiger partial charge in [-0.15, -0.1) is 0 Å². The molecule has 3 heteroatoms. The molecule has 0 aromatic heterocycles. The fourth-order valence-electron chi connectivity index (χ4n) is 4.78. The Labute approximate surface area is 124 Å². The molecule has 1 N–H and O–H groups in total. The number of nitrogens with one attached hydrogen (secondary N) is 1. The molecule has 0 aromatic rings. The van der Waals surface area contributed by atoms with E-state index in [-0.39, 0.29) is 5.60 Å². The van der Waals surface area contributed by atoms with Gasteiger partial charge < -0.3 is 10.1 Å². The van der Waals surface area contributed by atoms with Gasteiger partial charge >= 0.3 is 0 Å². The topological polar surface area (TPSA) is 24.5 Å². The summed E-state index contributed by atoms with van der Waals surface area (Å²) in [5.74, 6) is 0. The van der Waals surface area contributed by atoms with E-state index in [0.29, 0.717) is 0 Å². The smallest absolute Gasteiger partial charge is 0.0641 e. The maximum absolute atomic E-state index is 5.91. The van der Waals surface area contributed by atoms with E-state index >= 15 is 0 Å². The zero-order valence-electron chi connectivity index (χ0n) is 13.5. The average molecular weight is 280 g/mol. The van der Waals surface area contributed by atoms with Gasteiger partial charge in [-0.05, 0) is 65.3 Å². The van der Waals surface area contributed by atoms with Crippen molar-refractivity contribution in [2.24, 2.45) is 0 Å². The molecular formula is C17H32N2O. The van der Waals surface area contributed by atoms with Crippen molar-refractivity contribution in [2.45, 2.75) is 95.5 Å². The number of fused-ring (bicyclic) bond motifs is 2. The summed E-state index contributed by atoms with van der Waals surface area (Å²) < 4.78 is 5.91. The first-order valence-corrected chi connectivity index (χ1v) is 8.74. The number of piperidine rings is 1. The highest BCUT2D eigenvalue weighted by Gasteiger charge is 2.45. The summed E-state index contributed by atoms with van der Waals surface area (Å²) in [6.45, 7) is 8.92. The summed E-state index contributed by atoms with van der Waals surface area (Å²) in [4.78, 5) is 2.90. The standard InChI is InChI=1S/C17H32N2O/c1-4-8-18-13-10-14-5-6-15(11-13)19(14)16-7-9-20-17(2,3)12-16/h13-16,18H,4-12H2,1-3H3. The van der Waals surface area contributed by atoms with Crippen LogP contribution in [0.3, 0.4) is 0 Å². The first-order valence-electron chi connectivity index (χ1n) is 8.74. The summed E-state index contributed by atoms with van der Waals surface area (Å²) in [5, 5.41) is 3.76. The average Bonchev–Trinajstić information content (AvgIpc) is 2.66. The molecule has 2 bridgehead atoms. The molecule has 3 heterocycles. The number of hydrogen-bond donors (Lipinski definition) is 1. The maximum atomic E-state index is 5.91. The minimum atomic E-state index is 0.0830. The molecule has 3 saturated heterocycles. The quantitative estimate of drug-likeness (QED) is 0.857. The molecule has 3 fully saturated rings. The van der Waals surface area contributed by atoms with Crippen LogP contribution in [0.15, 0.2) is 0 Å². The first-order chi connectivity index (χ1) is 9.59. The SMILES string of the molecule is CCCNC1CC2CCC(C1)N2C1CCOC(C)(C)C1. The Morgan fingerprint density at radius 3 is 2.40 bits per heavy atom. The lowest BCUT2D eigenvalue weighted by Gasteiger charge is -2.48. The highest BCUT2D eigenvalue weighted by atomic mass is 16.5. The van der Waals surface area contributed by atoms with Gasteiger partial charge in [0.1, 0.15) is 0 Å². The molecule has 3 atom stereocenters. The van der Waals surface area contributed by atoms with Crippen LogP contribution in [0.1, 0.15) is 65.7 Å². The Hall–Kier alpha value is -0.120. The molecular weight excluding hydrogens is 248 g/mol. The van der Waals surface area contributed by atoms with Crippen molar-refractivity contribution in [3.63, 3.8) is 0 Å². The Bertz CT molecular complexity index is 317. The number of rotatable bonds is 4. The highest BCUT2D eigenvalue weighted by molar-refractivity contribution is 5.01. The van der Waals surface area contributed by atoms with E-state index in [4.69, 9.17) is 4.74 Å². The Morgan fingerprint density at radius 2 is 1.80 bits per heavy atom. The van der Waals surface area contributed by atoms with Crippen molar-refractivity contribution in [1.29, 1.82) is 0 Å². The Morgan fingerprint density at radius 1 is 1.10 bits per heavy atom. The summed E-state index contributed by atoms with van der Waals surface area (Å²) in [6.07, 6.45) is 9.29. The predicted molar refractivity (Wildman–Crippen MR) is 83.0 cm³/mol. The van der Waals surface area contributed by atoms with Crippen LogP contribution in [0.2, 0.25) is 0 Å². The van der Waals surface area contributed by atoms with E-state index in [2.05, 4.69) is 31.0 Å². The number of hydrogen-bond acceptors (Lipinski definition) is 3. The second-order valence-electron chi connectivity index (χ2n) is 7.71. The zero-order chi connectivity index (χ0) is 14.2. The largest absolute Gasteiger partial charge is 0.375 e. The Balaban J connectivity index is 1.62. The van der Waals surface area contributed by atoms with E-state index in [1.807, 2.05) is 0 Å². The lowest BCUT2D eigenvalue weighted by Crippen LogP contribution is -2.56. The third-order valence-electron chi connectivity index (χ3n) is 5.57. The molecule has 116 valence electrons. The Kier molecular flexibility index (Phi) is 4.40. The molecule has 3 aliphatic heterocycles. The third-order valence-corrected chi connectivity index (χ3v) is 5.57. The number of nitrogens with zero attached hydrogens (tertiary/aromatic N) is 1. The lowest BCUT2D eigenvalue weighted by molar-refractivity contribution is -0.0959. The minimum absolute atomic E-state index is 0.0830. The molecule has 0 saturated carbocycles. The predicted octanol–water partition coefficient (Wildman–Crippen LogP) is 2.94. The zero-order valence-corrected chi connectivity index (χ0v) is 13.5. The molecule has 3 aliphatic rings. The van der Waals surface area contributed by atoms with Gasteiger partial charge in [0.05, 0.1) is 5.60 Å². The molecule has 3 nitrogen and oxygen atoms in total. The molecule has 0 radical (unpaired) electrons. The fraction of sp³-hybridized carbons (Fsp3) is 1.00. The van der Waals surface area contributed by atoms with Crippen molar-refractivity contribution in [3.05, 3.63) is 0 Å². The van der Waals surface area contributed by atoms with E-state index in [0.717, 1.165) is 30.8 Å². The van der Waals surface area contributed by atoms with Gasteiger partial charge in [-0.3, -0.25) is 4.90 Å². The third kappa shape index (κ3) is 3.05. The van der Waals surface area contributed by atoms with Gasteiger partial charge in [0.2, 0.25) is 0 Å². The van der Waals surface area contributed by atoms with E-state index in [9.17, 15) is 0 Å². The minimum Gasteiger partial charge on any atom is -0.375 e. The van der Waals surface area contributed by atoms with Crippen LogP contribution in [0.25, 0.3) is 0 Å². The molecule has 0 aromatic carbocycles. The molecule has 20 heavy (non-hydrogen) atoms. The summed E-state index contributed by atoms with van der Waals surface area (Å²) in [5.41, 5.74) is 0.0830. The van der Waals surface area contributed by atoms with Crippen LogP contribution >= 0.6 is 0 Å². The molecule has 0 spiro atoms. The van der Waals surface area contributed by atoms with Gasteiger partial charge in [0.15, 0.2) is 0 Å². The molecule has 3 rings (SSSR count). The summed E-state index contributed by atoms with van der Waals surface area (Å²) in [7, 11) is 0. The van der Waals surface area contributed by atoms with Crippen molar-refractivity contribution < 1.29 is 4.74 Å².